The van der Waals surface area contributed by atoms with Crippen LogP contribution in [0, 0.1) is 0 Å². The second-order valence-corrected chi connectivity index (χ2v) is 13.3. The molecule has 0 aliphatic rings. The summed E-state index contributed by atoms with van der Waals surface area (Å²) in [6.45, 7) is 2.04. The minimum atomic E-state index is -5.06. The highest BCUT2D eigenvalue weighted by atomic mass is 31.2. The van der Waals surface area contributed by atoms with Gasteiger partial charge in [0.1, 0.15) is 11.0 Å². The zero-order valence-corrected chi connectivity index (χ0v) is 21.6. The molecule has 1 unspecified atom stereocenters. The summed E-state index contributed by atoms with van der Waals surface area (Å²) in [5, 5.41) is 8.08. The van der Waals surface area contributed by atoms with E-state index in [1.165, 1.54) is 4.85 Å². The van der Waals surface area contributed by atoms with Crippen molar-refractivity contribution in [1.29, 1.82) is 0 Å². The van der Waals surface area contributed by atoms with Crippen molar-refractivity contribution in [3.63, 3.8) is 0 Å². The highest BCUT2D eigenvalue weighted by Crippen LogP contribution is 2.72. The Bertz CT molecular complexity index is 905. The summed E-state index contributed by atoms with van der Waals surface area (Å²) in [6, 6.07) is 7.32. The summed E-state index contributed by atoms with van der Waals surface area (Å²) in [6.07, 6.45) is 2.79. The molecule has 2 aromatic rings. The number of para-hydroxylation sites is 1. The van der Waals surface area contributed by atoms with Gasteiger partial charge in [-0.15, -0.1) is 9.77 Å². The highest BCUT2D eigenvalue weighted by molar-refractivity contribution is 7.69. The van der Waals surface area contributed by atoms with E-state index in [9.17, 15) is 13.6 Å². The van der Waals surface area contributed by atoms with E-state index >= 15 is 0 Å². The Hall–Kier alpha value is -1.30. The van der Waals surface area contributed by atoms with Gasteiger partial charge in [-0.1, -0.05) is 46.2 Å². The van der Waals surface area contributed by atoms with Crippen LogP contribution in [0.1, 0.15) is 32.6 Å². The van der Waals surface area contributed by atoms with E-state index in [2.05, 4.69) is 19.8 Å². The lowest BCUT2D eigenvalue weighted by Crippen LogP contribution is -2.46. The zero-order chi connectivity index (χ0) is 24.6. The van der Waals surface area contributed by atoms with Crippen LogP contribution < -0.4 is 4.84 Å². The Balaban J connectivity index is 2.39. The van der Waals surface area contributed by atoms with Crippen LogP contribution in [0.25, 0.3) is 11.0 Å². The van der Waals surface area contributed by atoms with Crippen LogP contribution in [-0.2, 0) is 18.5 Å². The van der Waals surface area contributed by atoms with Gasteiger partial charge >= 0.3 is 7.82 Å². The van der Waals surface area contributed by atoms with Crippen molar-refractivity contribution in [3.8, 4) is 0 Å². The molecule has 2 rings (SSSR count). The second-order valence-electron chi connectivity index (χ2n) is 7.82. The average Bonchev–Trinajstić information content (AvgIpc) is 3.20. The third-order valence-electron chi connectivity index (χ3n) is 5.23. The van der Waals surface area contributed by atoms with E-state index in [4.69, 9.17) is 9.36 Å². The van der Waals surface area contributed by atoms with Crippen LogP contribution >= 0.6 is 15.5 Å². The fourth-order valence-electron chi connectivity index (χ4n) is 3.92. The van der Waals surface area contributed by atoms with Crippen molar-refractivity contribution in [2.24, 2.45) is 0 Å². The van der Waals surface area contributed by atoms with Crippen molar-refractivity contribution < 1.29 is 32.4 Å². The number of halogens is 2. The lowest BCUT2D eigenvalue weighted by molar-refractivity contribution is -0.121. The summed E-state index contributed by atoms with van der Waals surface area (Å²) < 4.78 is 55.7. The fraction of sp³-hybridized carbons (Fsp3) is 0.667. The summed E-state index contributed by atoms with van der Waals surface area (Å²) in [5.74, 6) is -0.924. The third kappa shape index (κ3) is 6.23. The van der Waals surface area contributed by atoms with Crippen LogP contribution in [0.5, 0.6) is 0 Å². The Kier molecular flexibility index (Phi) is 10.5. The van der Waals surface area contributed by atoms with Crippen molar-refractivity contribution in [3.05, 3.63) is 24.3 Å². The predicted octanol–water partition coefficient (Wildman–Crippen LogP) is 4.47. The number of aromatic nitrogens is 3. The second kappa shape index (κ2) is 12.4. The molecule has 0 fully saturated rings. The molecule has 0 saturated carbocycles. The number of nitrogens with zero attached hydrogens (tertiary/aromatic N) is 6. The highest BCUT2D eigenvalue weighted by Gasteiger charge is 2.60. The van der Waals surface area contributed by atoms with Gasteiger partial charge in [-0.05, 0) is 32.8 Å². The first-order chi connectivity index (χ1) is 15.7. The van der Waals surface area contributed by atoms with Gasteiger partial charge in [0.25, 0.3) is 7.71 Å². The van der Waals surface area contributed by atoms with Gasteiger partial charge in [-0.25, -0.2) is 9.09 Å². The Labute approximate surface area is 193 Å². The summed E-state index contributed by atoms with van der Waals surface area (Å²) in [4.78, 5) is 7.20. The van der Waals surface area contributed by atoms with Gasteiger partial charge < -0.3 is 4.84 Å². The molecule has 1 aromatic carbocycles. The fourth-order valence-corrected chi connectivity index (χ4v) is 9.42. The SMILES string of the molecule is CCCCCC(OP(=O)(OF)OF)[P+](N(C)C)(N(C)C)N(C)COn1nnc2ccccc21. The molecule has 0 bridgehead atoms. The molecular weight excluding hydrogens is 480 g/mol. The average molecular weight is 513 g/mol. The van der Waals surface area contributed by atoms with Crippen LogP contribution in [0.15, 0.2) is 24.3 Å². The van der Waals surface area contributed by atoms with Crippen LogP contribution in [0.4, 0.5) is 9.05 Å². The van der Waals surface area contributed by atoms with Gasteiger partial charge in [0.2, 0.25) is 12.6 Å². The molecule has 11 nitrogen and oxygen atoms in total. The largest absolute Gasteiger partial charge is 0.540 e. The molecule has 0 aliphatic carbocycles. The van der Waals surface area contributed by atoms with E-state index < -0.39 is 21.4 Å². The Morgan fingerprint density at radius 3 is 2.30 bits per heavy atom. The molecule has 1 atom stereocenters. The van der Waals surface area contributed by atoms with E-state index in [-0.39, 0.29) is 6.73 Å². The predicted molar refractivity (Wildman–Crippen MR) is 122 cm³/mol. The number of unbranched alkanes of at least 4 members (excludes halogenated alkanes) is 2. The monoisotopic (exact) mass is 513 g/mol. The van der Waals surface area contributed by atoms with E-state index in [1.54, 1.807) is 7.05 Å². The molecule has 0 saturated heterocycles. The number of hydrogen-bond donors (Lipinski definition) is 0. The minimum Gasteiger partial charge on any atom is -0.375 e. The molecular formula is C18H33F2N6O5P2+. The van der Waals surface area contributed by atoms with Crippen LogP contribution in [-0.4, -0.2) is 77.0 Å². The maximum Gasteiger partial charge on any atom is 0.540 e. The smallest absolute Gasteiger partial charge is 0.375 e. The van der Waals surface area contributed by atoms with Crippen molar-refractivity contribution in [2.45, 2.75) is 38.5 Å². The van der Waals surface area contributed by atoms with Gasteiger partial charge in [0.05, 0.1) is 0 Å². The number of phosphoric acid groups is 1. The molecule has 0 spiro atoms. The summed E-state index contributed by atoms with van der Waals surface area (Å²) in [7, 11) is 1.20. The van der Waals surface area contributed by atoms with Gasteiger partial charge in [0, 0.05) is 41.7 Å². The molecule has 188 valence electrons. The van der Waals surface area contributed by atoms with Crippen molar-refractivity contribution >= 4 is 26.6 Å². The number of benzene rings is 1. The number of hydrogen-bond acceptors (Lipinski definition) is 10. The molecule has 0 radical (unpaired) electrons. The molecule has 15 heteroatoms. The number of fused-ring (bicyclic) bond motifs is 1. The van der Waals surface area contributed by atoms with Crippen molar-refractivity contribution in [2.75, 3.05) is 42.0 Å². The molecule has 0 N–H and O–H groups in total. The topological polar surface area (TPSA) is 94.4 Å². The quantitative estimate of drug-likeness (QED) is 0.193. The van der Waals surface area contributed by atoms with Crippen molar-refractivity contribution in [1.82, 2.24) is 29.2 Å². The van der Waals surface area contributed by atoms with E-state index in [0.717, 1.165) is 12.8 Å². The molecule has 0 amide bonds. The summed E-state index contributed by atoms with van der Waals surface area (Å²) in [5.41, 5.74) is 1.35. The van der Waals surface area contributed by atoms with E-state index in [1.807, 2.05) is 73.4 Å². The van der Waals surface area contributed by atoms with E-state index in [0.29, 0.717) is 23.9 Å². The third-order valence-corrected chi connectivity index (χ3v) is 10.9. The lowest BCUT2D eigenvalue weighted by atomic mass is 10.2. The molecule has 1 heterocycles. The maximum atomic E-state index is 12.9. The van der Waals surface area contributed by atoms with Gasteiger partial charge in [-0.3, -0.25) is 0 Å². The molecule has 33 heavy (non-hydrogen) atoms. The molecule has 1 aromatic heterocycles. The zero-order valence-electron chi connectivity index (χ0n) is 19.8. The minimum absolute atomic E-state index is 0.0163. The van der Waals surface area contributed by atoms with Gasteiger partial charge in [0.15, 0.2) is 0 Å². The number of rotatable bonds is 15. The lowest BCUT2D eigenvalue weighted by Gasteiger charge is -2.44. The summed E-state index contributed by atoms with van der Waals surface area (Å²) >= 11 is 0. The Morgan fingerprint density at radius 2 is 1.73 bits per heavy atom. The maximum absolute atomic E-state index is 12.9. The molecule has 0 aliphatic heterocycles. The normalized spacial score (nSPS) is 14.0. The van der Waals surface area contributed by atoms with Crippen LogP contribution in [0.2, 0.25) is 0 Å². The standard InChI is InChI=1S/C18H33F2N6O5P2/c1-7-8-9-14-18(29-33(27,30-19)31-20)32(23(2)3,24(4)5)25(6)15-28-26-17-13-11-10-12-16(17)21-22-26/h10-13,18H,7-9,14-15H2,1-6H3/q+1. The van der Waals surface area contributed by atoms with Crippen LogP contribution in [0.3, 0.4) is 0 Å². The first kappa shape index (κ1) is 27.9. The first-order valence-corrected chi connectivity index (χ1v) is 13.6. The first-order valence-electron chi connectivity index (χ1n) is 10.4. The Morgan fingerprint density at radius 1 is 1.09 bits per heavy atom. The van der Waals surface area contributed by atoms with Gasteiger partial charge in [-0.2, -0.15) is 9.34 Å².